The van der Waals surface area contributed by atoms with Crippen molar-refractivity contribution in [2.24, 2.45) is 5.73 Å². The third-order valence-corrected chi connectivity index (χ3v) is 2.35. The second kappa shape index (κ2) is 4.23. The predicted molar refractivity (Wildman–Crippen MR) is 57.0 cm³/mol. The number of allylic oxidation sites excluding steroid dienone is 1. The highest BCUT2D eigenvalue weighted by atomic mass is 79.9. The molecule has 0 fully saturated rings. The Morgan fingerprint density at radius 2 is 2.08 bits per heavy atom. The molecule has 1 rings (SSSR count). The maximum Gasteiger partial charge on any atom is 0.241 e. The number of halogens is 1. The standard InChI is InChI=1S/C10H10BrNO/c1-7(6-10(12)13)8-4-2-3-5-9(8)11/h2-6H,1H3,(H2,12,13)/b7-6-. The largest absolute Gasteiger partial charge is 0.366 e. The van der Waals surface area contributed by atoms with Gasteiger partial charge in [-0.15, -0.1) is 0 Å². The summed E-state index contributed by atoms with van der Waals surface area (Å²) in [6.45, 7) is 1.85. The number of rotatable bonds is 2. The Hall–Kier alpha value is -1.09. The zero-order valence-corrected chi connectivity index (χ0v) is 8.84. The SMILES string of the molecule is C/C(=C/C(N)=O)c1ccccc1Br. The van der Waals surface area contributed by atoms with Crippen molar-refractivity contribution in [3.05, 3.63) is 40.4 Å². The lowest BCUT2D eigenvalue weighted by atomic mass is 10.1. The lowest BCUT2D eigenvalue weighted by molar-refractivity contribution is -0.113. The lowest BCUT2D eigenvalue weighted by Crippen LogP contribution is -2.06. The van der Waals surface area contributed by atoms with Crippen molar-refractivity contribution in [3.8, 4) is 0 Å². The second-order valence-electron chi connectivity index (χ2n) is 2.71. The summed E-state index contributed by atoms with van der Waals surface area (Å²) in [7, 11) is 0. The summed E-state index contributed by atoms with van der Waals surface area (Å²) < 4.78 is 0.963. The molecule has 0 aliphatic carbocycles. The summed E-state index contributed by atoms with van der Waals surface area (Å²) >= 11 is 3.39. The van der Waals surface area contributed by atoms with Crippen LogP contribution in [0.25, 0.3) is 5.57 Å². The number of nitrogens with two attached hydrogens (primary N) is 1. The Kier molecular flexibility index (Phi) is 3.25. The molecule has 0 heterocycles. The number of hydrogen-bond acceptors (Lipinski definition) is 1. The number of primary amides is 1. The molecule has 0 bridgehead atoms. The molecule has 0 radical (unpaired) electrons. The molecule has 2 N–H and O–H groups in total. The fourth-order valence-electron chi connectivity index (χ4n) is 1.07. The van der Waals surface area contributed by atoms with E-state index in [0.717, 1.165) is 15.6 Å². The van der Waals surface area contributed by atoms with E-state index in [9.17, 15) is 4.79 Å². The van der Waals surface area contributed by atoms with E-state index in [4.69, 9.17) is 5.73 Å². The molecule has 0 atom stereocenters. The Balaban J connectivity index is 3.08. The van der Waals surface area contributed by atoms with Crippen molar-refractivity contribution in [1.82, 2.24) is 0 Å². The highest BCUT2D eigenvalue weighted by Crippen LogP contribution is 2.23. The van der Waals surface area contributed by atoms with Gasteiger partial charge >= 0.3 is 0 Å². The van der Waals surface area contributed by atoms with Crippen molar-refractivity contribution in [2.45, 2.75) is 6.92 Å². The molecule has 0 saturated heterocycles. The Bertz CT molecular complexity index is 358. The van der Waals surface area contributed by atoms with Gasteiger partial charge in [0.05, 0.1) is 0 Å². The van der Waals surface area contributed by atoms with Gasteiger partial charge in [0.15, 0.2) is 0 Å². The molecule has 2 nitrogen and oxygen atoms in total. The number of carbonyl (C=O) groups is 1. The highest BCUT2D eigenvalue weighted by molar-refractivity contribution is 9.10. The molecule has 0 saturated carbocycles. The van der Waals surface area contributed by atoms with Crippen LogP contribution in [0.1, 0.15) is 12.5 Å². The topological polar surface area (TPSA) is 43.1 Å². The van der Waals surface area contributed by atoms with Crippen LogP contribution in [0.4, 0.5) is 0 Å². The van der Waals surface area contributed by atoms with Crippen LogP contribution in [0.3, 0.4) is 0 Å². The van der Waals surface area contributed by atoms with Gasteiger partial charge in [0.1, 0.15) is 0 Å². The van der Waals surface area contributed by atoms with Gasteiger partial charge in [-0.25, -0.2) is 0 Å². The van der Waals surface area contributed by atoms with Crippen LogP contribution in [0.15, 0.2) is 34.8 Å². The Morgan fingerprint density at radius 3 is 2.62 bits per heavy atom. The van der Waals surface area contributed by atoms with Gasteiger partial charge in [-0.2, -0.15) is 0 Å². The van der Waals surface area contributed by atoms with E-state index >= 15 is 0 Å². The van der Waals surface area contributed by atoms with Crippen LogP contribution >= 0.6 is 15.9 Å². The monoisotopic (exact) mass is 239 g/mol. The normalized spacial score (nSPS) is 11.4. The van der Waals surface area contributed by atoms with E-state index in [2.05, 4.69) is 15.9 Å². The number of amides is 1. The predicted octanol–water partition coefficient (Wildman–Crippen LogP) is 2.34. The molecule has 68 valence electrons. The number of hydrogen-bond donors (Lipinski definition) is 1. The molecule has 0 aromatic heterocycles. The van der Waals surface area contributed by atoms with E-state index in [0.29, 0.717) is 0 Å². The molecular formula is C10H10BrNO. The highest BCUT2D eigenvalue weighted by Gasteiger charge is 2.00. The van der Waals surface area contributed by atoms with Gasteiger partial charge in [0, 0.05) is 10.5 Å². The zero-order chi connectivity index (χ0) is 9.84. The number of benzene rings is 1. The van der Waals surface area contributed by atoms with Gasteiger partial charge in [0.25, 0.3) is 0 Å². The van der Waals surface area contributed by atoms with E-state index < -0.39 is 5.91 Å². The molecule has 0 aliphatic heterocycles. The summed E-state index contributed by atoms with van der Waals surface area (Å²) in [6, 6.07) is 7.69. The molecule has 1 aromatic rings. The third kappa shape index (κ3) is 2.70. The summed E-state index contributed by atoms with van der Waals surface area (Å²) in [5.41, 5.74) is 6.90. The molecular weight excluding hydrogens is 230 g/mol. The van der Waals surface area contributed by atoms with Crippen molar-refractivity contribution >= 4 is 27.4 Å². The average Bonchev–Trinajstić information content (AvgIpc) is 2.03. The smallest absolute Gasteiger partial charge is 0.241 e. The van der Waals surface area contributed by atoms with E-state index in [-0.39, 0.29) is 0 Å². The van der Waals surface area contributed by atoms with Crippen molar-refractivity contribution in [2.75, 3.05) is 0 Å². The van der Waals surface area contributed by atoms with Gasteiger partial charge in [-0.3, -0.25) is 4.79 Å². The van der Waals surface area contributed by atoms with E-state index in [1.807, 2.05) is 31.2 Å². The quantitative estimate of drug-likeness (QED) is 0.792. The van der Waals surface area contributed by atoms with Crippen LogP contribution in [0, 0.1) is 0 Å². The first-order chi connectivity index (χ1) is 6.11. The summed E-state index contributed by atoms with van der Waals surface area (Å²) in [5.74, 6) is -0.423. The molecule has 0 unspecified atom stereocenters. The zero-order valence-electron chi connectivity index (χ0n) is 7.25. The summed E-state index contributed by atoms with van der Waals surface area (Å²) in [6.07, 6.45) is 1.42. The number of carbonyl (C=O) groups excluding carboxylic acids is 1. The van der Waals surface area contributed by atoms with Crippen LogP contribution < -0.4 is 5.73 Å². The van der Waals surface area contributed by atoms with Crippen LogP contribution in [-0.4, -0.2) is 5.91 Å². The molecule has 0 aliphatic rings. The third-order valence-electron chi connectivity index (χ3n) is 1.66. The first-order valence-electron chi connectivity index (χ1n) is 3.84. The molecule has 13 heavy (non-hydrogen) atoms. The minimum atomic E-state index is -0.423. The second-order valence-corrected chi connectivity index (χ2v) is 3.56. The van der Waals surface area contributed by atoms with E-state index in [1.165, 1.54) is 6.08 Å². The van der Waals surface area contributed by atoms with Crippen molar-refractivity contribution in [3.63, 3.8) is 0 Å². The van der Waals surface area contributed by atoms with E-state index in [1.54, 1.807) is 0 Å². The summed E-state index contributed by atoms with van der Waals surface area (Å²) in [4.78, 5) is 10.6. The lowest BCUT2D eigenvalue weighted by Gasteiger charge is -2.02. The minimum absolute atomic E-state index is 0.423. The van der Waals surface area contributed by atoms with Gasteiger partial charge in [-0.1, -0.05) is 34.1 Å². The van der Waals surface area contributed by atoms with Crippen LogP contribution in [0.5, 0.6) is 0 Å². The molecule has 1 aromatic carbocycles. The fraction of sp³-hybridized carbons (Fsp3) is 0.100. The van der Waals surface area contributed by atoms with Crippen molar-refractivity contribution in [1.29, 1.82) is 0 Å². The molecule has 3 heteroatoms. The average molecular weight is 240 g/mol. The van der Waals surface area contributed by atoms with Gasteiger partial charge in [0.2, 0.25) is 5.91 Å². The van der Waals surface area contributed by atoms with Crippen molar-refractivity contribution < 1.29 is 4.79 Å². The maximum absolute atomic E-state index is 10.6. The Morgan fingerprint density at radius 1 is 1.46 bits per heavy atom. The first-order valence-corrected chi connectivity index (χ1v) is 4.63. The fourth-order valence-corrected chi connectivity index (χ4v) is 1.67. The van der Waals surface area contributed by atoms with Crippen LogP contribution in [-0.2, 0) is 4.79 Å². The van der Waals surface area contributed by atoms with Crippen LogP contribution in [0.2, 0.25) is 0 Å². The molecule has 1 amide bonds. The molecule has 0 spiro atoms. The van der Waals surface area contributed by atoms with Gasteiger partial charge in [-0.05, 0) is 24.1 Å². The maximum atomic E-state index is 10.6. The first kappa shape index (κ1) is 9.99. The summed E-state index contributed by atoms with van der Waals surface area (Å²) in [5, 5.41) is 0. The van der Waals surface area contributed by atoms with Gasteiger partial charge < -0.3 is 5.73 Å². The minimum Gasteiger partial charge on any atom is -0.366 e. The Labute approximate surface area is 85.6 Å².